The monoisotopic (exact) mass is 334 g/mol. The molecular weight excluding hydrogens is 316 g/mol. The number of halogens is 1. The summed E-state index contributed by atoms with van der Waals surface area (Å²) in [7, 11) is 0. The van der Waals surface area contributed by atoms with Crippen molar-refractivity contribution < 1.29 is 4.79 Å². The van der Waals surface area contributed by atoms with Crippen LogP contribution in [0.4, 0.5) is 0 Å². The smallest absolute Gasteiger partial charge is 0.268 e. The van der Waals surface area contributed by atoms with Gasteiger partial charge in [0.1, 0.15) is 5.69 Å². The number of nitrogens with one attached hydrogen (secondary N) is 1. The first-order valence-electron chi connectivity index (χ1n) is 6.75. The fourth-order valence-corrected chi connectivity index (χ4v) is 2.81. The maximum Gasteiger partial charge on any atom is 0.268 e. The van der Waals surface area contributed by atoms with Crippen LogP contribution in [0.5, 0.6) is 0 Å². The van der Waals surface area contributed by atoms with E-state index in [0.717, 1.165) is 16.6 Å². The van der Waals surface area contributed by atoms with Crippen molar-refractivity contribution in [3.05, 3.63) is 57.8 Å². The summed E-state index contributed by atoms with van der Waals surface area (Å²) in [5, 5.41) is 3.06. The van der Waals surface area contributed by atoms with Crippen LogP contribution >= 0.6 is 15.9 Å². The van der Waals surface area contributed by atoms with Crippen LogP contribution in [0, 0.1) is 6.92 Å². The molecule has 1 aromatic heterocycles. The Labute approximate surface area is 128 Å². The molecule has 1 atom stereocenters. The lowest BCUT2D eigenvalue weighted by atomic mass is 10.0. The normalized spacial score (nSPS) is 12.2. The van der Waals surface area contributed by atoms with E-state index in [1.165, 1.54) is 5.56 Å². The van der Waals surface area contributed by atoms with Gasteiger partial charge in [0.2, 0.25) is 0 Å². The number of carbonyl (C=O) groups is 1. The number of hydrogen-bond donors (Lipinski definition) is 1. The van der Waals surface area contributed by atoms with Gasteiger partial charge in [-0.2, -0.15) is 0 Å². The molecule has 0 aliphatic carbocycles. The van der Waals surface area contributed by atoms with Crippen LogP contribution in [0.3, 0.4) is 0 Å². The van der Waals surface area contributed by atoms with E-state index in [1.807, 2.05) is 42.8 Å². The van der Waals surface area contributed by atoms with Crippen LogP contribution < -0.4 is 5.32 Å². The third-order valence-electron chi connectivity index (χ3n) is 3.44. The van der Waals surface area contributed by atoms with Gasteiger partial charge in [0.25, 0.3) is 5.91 Å². The molecule has 0 spiro atoms. The first kappa shape index (κ1) is 14.9. The second-order valence-corrected chi connectivity index (χ2v) is 5.80. The summed E-state index contributed by atoms with van der Waals surface area (Å²) in [5.41, 5.74) is 3.02. The summed E-state index contributed by atoms with van der Waals surface area (Å²) in [6.45, 7) is 6.86. The highest BCUT2D eigenvalue weighted by Gasteiger charge is 2.16. The number of carbonyl (C=O) groups excluding carboxylic acids is 1. The van der Waals surface area contributed by atoms with E-state index >= 15 is 0 Å². The second-order valence-electron chi connectivity index (χ2n) is 4.88. The highest BCUT2D eigenvalue weighted by molar-refractivity contribution is 9.10. The Hall–Kier alpha value is -1.55. The van der Waals surface area contributed by atoms with Crippen molar-refractivity contribution in [2.45, 2.75) is 33.4 Å². The zero-order valence-electron chi connectivity index (χ0n) is 12.0. The van der Waals surface area contributed by atoms with Crippen LogP contribution in [0.15, 0.2) is 41.0 Å². The molecule has 1 amide bonds. The Morgan fingerprint density at radius 3 is 2.75 bits per heavy atom. The lowest BCUT2D eigenvalue weighted by molar-refractivity contribution is 0.0930. The van der Waals surface area contributed by atoms with Gasteiger partial charge in [0.15, 0.2) is 0 Å². The van der Waals surface area contributed by atoms with Crippen molar-refractivity contribution in [3.63, 3.8) is 0 Å². The Balaban J connectivity index is 2.17. The predicted molar refractivity (Wildman–Crippen MR) is 84.9 cm³/mol. The summed E-state index contributed by atoms with van der Waals surface area (Å²) in [4.78, 5) is 12.4. The van der Waals surface area contributed by atoms with E-state index in [2.05, 4.69) is 40.3 Å². The van der Waals surface area contributed by atoms with Gasteiger partial charge in [-0.1, -0.05) is 24.3 Å². The number of nitrogens with zero attached hydrogens (tertiary/aromatic N) is 1. The second kappa shape index (κ2) is 6.27. The van der Waals surface area contributed by atoms with Gasteiger partial charge in [-0.15, -0.1) is 0 Å². The van der Waals surface area contributed by atoms with Crippen LogP contribution in [-0.4, -0.2) is 10.5 Å². The van der Waals surface area contributed by atoms with Crippen molar-refractivity contribution in [1.82, 2.24) is 9.88 Å². The molecule has 0 saturated heterocycles. The zero-order valence-corrected chi connectivity index (χ0v) is 13.6. The van der Waals surface area contributed by atoms with E-state index in [-0.39, 0.29) is 11.9 Å². The van der Waals surface area contributed by atoms with Crippen molar-refractivity contribution in [1.29, 1.82) is 0 Å². The highest BCUT2D eigenvalue weighted by Crippen LogP contribution is 2.19. The number of aromatic nitrogens is 1. The number of hydrogen-bond acceptors (Lipinski definition) is 1. The average molecular weight is 335 g/mol. The predicted octanol–water partition coefficient (Wildman–Crippen LogP) is 4.07. The third kappa shape index (κ3) is 3.12. The van der Waals surface area contributed by atoms with Gasteiger partial charge in [-0.05, 0) is 53.9 Å². The Morgan fingerprint density at radius 2 is 2.10 bits per heavy atom. The molecule has 2 aromatic rings. The summed E-state index contributed by atoms with van der Waals surface area (Å²) in [5.74, 6) is -0.0479. The largest absolute Gasteiger partial charge is 0.344 e. The van der Waals surface area contributed by atoms with Crippen molar-refractivity contribution in [2.75, 3.05) is 0 Å². The van der Waals surface area contributed by atoms with Crippen LogP contribution in [0.1, 0.15) is 41.5 Å². The van der Waals surface area contributed by atoms with Gasteiger partial charge in [-0.3, -0.25) is 4.79 Å². The van der Waals surface area contributed by atoms with E-state index < -0.39 is 0 Å². The lowest BCUT2D eigenvalue weighted by Gasteiger charge is -2.17. The van der Waals surface area contributed by atoms with Gasteiger partial charge in [0, 0.05) is 17.2 Å². The zero-order chi connectivity index (χ0) is 14.7. The summed E-state index contributed by atoms with van der Waals surface area (Å²) in [6.07, 6.45) is 1.92. The molecule has 0 aliphatic rings. The van der Waals surface area contributed by atoms with Crippen molar-refractivity contribution in [3.8, 4) is 0 Å². The van der Waals surface area contributed by atoms with E-state index in [1.54, 1.807) is 0 Å². The summed E-state index contributed by atoms with van der Waals surface area (Å²) < 4.78 is 2.86. The van der Waals surface area contributed by atoms with Crippen molar-refractivity contribution in [2.24, 2.45) is 0 Å². The number of amides is 1. The quantitative estimate of drug-likeness (QED) is 0.898. The maximum absolute atomic E-state index is 12.4. The summed E-state index contributed by atoms with van der Waals surface area (Å²) in [6, 6.07) is 9.95. The molecule has 20 heavy (non-hydrogen) atoms. The van der Waals surface area contributed by atoms with Gasteiger partial charge >= 0.3 is 0 Å². The lowest BCUT2D eigenvalue weighted by Crippen LogP contribution is -2.28. The minimum Gasteiger partial charge on any atom is -0.344 e. The molecule has 3 nitrogen and oxygen atoms in total. The molecule has 106 valence electrons. The SMILES string of the molecule is CCn1cc(Br)cc1C(=O)NC(C)c1ccccc1C. The van der Waals surface area contributed by atoms with Gasteiger partial charge in [0.05, 0.1) is 6.04 Å². The van der Waals surface area contributed by atoms with E-state index in [0.29, 0.717) is 5.69 Å². The molecule has 0 fully saturated rings. The molecule has 1 N–H and O–H groups in total. The molecule has 0 bridgehead atoms. The molecule has 1 heterocycles. The number of aryl methyl sites for hydroxylation is 2. The highest BCUT2D eigenvalue weighted by atomic mass is 79.9. The molecule has 4 heteroatoms. The fraction of sp³-hybridized carbons (Fsp3) is 0.312. The first-order chi connectivity index (χ1) is 9.52. The average Bonchev–Trinajstić information content (AvgIpc) is 2.80. The molecule has 0 saturated carbocycles. The molecule has 1 aromatic carbocycles. The number of rotatable bonds is 4. The molecule has 1 unspecified atom stereocenters. The minimum atomic E-state index is -0.0479. The minimum absolute atomic E-state index is 0.0114. The maximum atomic E-state index is 12.4. The van der Waals surface area contributed by atoms with E-state index in [9.17, 15) is 4.79 Å². The van der Waals surface area contributed by atoms with Crippen molar-refractivity contribution >= 4 is 21.8 Å². The van der Waals surface area contributed by atoms with Gasteiger partial charge < -0.3 is 9.88 Å². The third-order valence-corrected chi connectivity index (χ3v) is 3.87. The number of benzene rings is 1. The van der Waals surface area contributed by atoms with E-state index in [4.69, 9.17) is 0 Å². The van der Waals surface area contributed by atoms with Crippen LogP contribution in [0.25, 0.3) is 0 Å². The van der Waals surface area contributed by atoms with Crippen LogP contribution in [0.2, 0.25) is 0 Å². The van der Waals surface area contributed by atoms with Gasteiger partial charge in [-0.25, -0.2) is 0 Å². The molecular formula is C16H19BrN2O. The first-order valence-corrected chi connectivity index (χ1v) is 7.54. The Morgan fingerprint density at radius 1 is 1.40 bits per heavy atom. The Kier molecular flexibility index (Phi) is 4.65. The van der Waals surface area contributed by atoms with Crippen LogP contribution in [-0.2, 0) is 6.54 Å². The standard InChI is InChI=1S/C16H19BrN2O/c1-4-19-10-13(17)9-15(19)16(20)18-12(3)14-8-6-5-7-11(14)2/h5-10,12H,4H2,1-3H3,(H,18,20). The Bertz CT molecular complexity index is 619. The molecule has 0 aliphatic heterocycles. The fourth-order valence-electron chi connectivity index (χ4n) is 2.35. The topological polar surface area (TPSA) is 34.0 Å². The molecule has 0 radical (unpaired) electrons. The molecule has 2 rings (SSSR count). The summed E-state index contributed by atoms with van der Waals surface area (Å²) >= 11 is 3.41.